The van der Waals surface area contributed by atoms with Gasteiger partial charge in [-0.15, -0.1) is 11.3 Å². The highest BCUT2D eigenvalue weighted by Crippen LogP contribution is 2.39. The van der Waals surface area contributed by atoms with Gasteiger partial charge < -0.3 is 15.6 Å². The van der Waals surface area contributed by atoms with E-state index in [0.29, 0.717) is 18.0 Å². The van der Waals surface area contributed by atoms with Gasteiger partial charge in [-0.2, -0.15) is 0 Å². The molecule has 0 unspecified atom stereocenters. The van der Waals surface area contributed by atoms with Gasteiger partial charge in [-0.1, -0.05) is 0 Å². The minimum Gasteiger partial charge on any atom is -0.506 e. The number of thiophene rings is 1. The topological polar surface area (TPSA) is 55.5 Å². The molecule has 0 fully saturated rings. The van der Waals surface area contributed by atoms with Crippen LogP contribution in [-0.4, -0.2) is 11.7 Å². The Morgan fingerprint density at radius 1 is 1.50 bits per heavy atom. The third kappa shape index (κ3) is 1.37. The zero-order chi connectivity index (χ0) is 10.1. The summed E-state index contributed by atoms with van der Waals surface area (Å²) in [6.45, 7) is 2.46. The lowest BCUT2D eigenvalue weighted by Crippen LogP contribution is -1.93. The van der Waals surface area contributed by atoms with Crippen LogP contribution in [0.2, 0.25) is 0 Å². The van der Waals surface area contributed by atoms with E-state index in [9.17, 15) is 5.11 Å². The number of fused-ring (bicyclic) bond motifs is 1. The van der Waals surface area contributed by atoms with E-state index in [4.69, 9.17) is 10.5 Å². The van der Waals surface area contributed by atoms with Gasteiger partial charge in [0.05, 0.1) is 12.0 Å². The molecule has 1 aromatic heterocycles. The van der Waals surface area contributed by atoms with E-state index in [0.717, 1.165) is 10.1 Å². The standard InChI is InChI=1S/C10H11NO2S/c1-2-13-8-3-6(11)4-9-10(8)7(12)5-14-9/h3-5,12H,2,11H2,1H3. The fourth-order valence-electron chi connectivity index (χ4n) is 1.40. The molecule has 0 atom stereocenters. The Morgan fingerprint density at radius 2 is 2.29 bits per heavy atom. The minimum atomic E-state index is 0.258. The quantitative estimate of drug-likeness (QED) is 0.747. The summed E-state index contributed by atoms with van der Waals surface area (Å²) in [5.74, 6) is 0.912. The predicted octanol–water partition coefficient (Wildman–Crippen LogP) is 2.59. The molecule has 0 saturated carbocycles. The van der Waals surface area contributed by atoms with Crippen LogP contribution in [0.25, 0.3) is 10.1 Å². The van der Waals surface area contributed by atoms with Crippen molar-refractivity contribution in [3.63, 3.8) is 0 Å². The maximum absolute atomic E-state index is 9.60. The summed E-state index contributed by atoms with van der Waals surface area (Å²) in [4.78, 5) is 0. The van der Waals surface area contributed by atoms with Crippen LogP contribution < -0.4 is 10.5 Å². The number of nitrogens with two attached hydrogens (primary N) is 1. The zero-order valence-corrected chi connectivity index (χ0v) is 8.60. The largest absolute Gasteiger partial charge is 0.506 e. The maximum atomic E-state index is 9.60. The normalized spacial score (nSPS) is 10.6. The van der Waals surface area contributed by atoms with Gasteiger partial charge in [0.25, 0.3) is 0 Å². The molecule has 4 heteroatoms. The number of hydrogen-bond donors (Lipinski definition) is 2. The summed E-state index contributed by atoms with van der Waals surface area (Å²) < 4.78 is 6.36. The molecule has 1 heterocycles. The summed E-state index contributed by atoms with van der Waals surface area (Å²) >= 11 is 1.46. The van der Waals surface area contributed by atoms with Crippen molar-refractivity contribution < 1.29 is 9.84 Å². The van der Waals surface area contributed by atoms with Crippen molar-refractivity contribution >= 4 is 27.1 Å². The van der Waals surface area contributed by atoms with Crippen LogP contribution in [0, 0.1) is 0 Å². The number of hydrogen-bond acceptors (Lipinski definition) is 4. The van der Waals surface area contributed by atoms with E-state index in [1.165, 1.54) is 11.3 Å². The van der Waals surface area contributed by atoms with Gasteiger partial charge in [0.1, 0.15) is 11.5 Å². The number of rotatable bonds is 2. The summed E-state index contributed by atoms with van der Waals surface area (Å²) in [7, 11) is 0. The van der Waals surface area contributed by atoms with Crippen molar-refractivity contribution in [2.75, 3.05) is 12.3 Å². The summed E-state index contributed by atoms with van der Waals surface area (Å²) in [6.07, 6.45) is 0. The molecular weight excluding hydrogens is 198 g/mol. The first-order valence-corrected chi connectivity index (χ1v) is 5.23. The second-order valence-corrected chi connectivity index (χ2v) is 3.86. The van der Waals surface area contributed by atoms with Crippen molar-refractivity contribution in [2.45, 2.75) is 6.92 Å². The number of nitrogen functional groups attached to an aromatic ring is 1. The fraction of sp³-hybridized carbons (Fsp3) is 0.200. The van der Waals surface area contributed by atoms with E-state index in [2.05, 4.69) is 0 Å². The van der Waals surface area contributed by atoms with Gasteiger partial charge in [0.2, 0.25) is 0 Å². The van der Waals surface area contributed by atoms with E-state index in [-0.39, 0.29) is 5.75 Å². The molecule has 3 nitrogen and oxygen atoms in total. The predicted molar refractivity (Wildman–Crippen MR) is 59.1 cm³/mol. The number of aromatic hydroxyl groups is 1. The van der Waals surface area contributed by atoms with Crippen molar-refractivity contribution in [1.29, 1.82) is 0 Å². The smallest absolute Gasteiger partial charge is 0.137 e. The van der Waals surface area contributed by atoms with Gasteiger partial charge in [0.15, 0.2) is 0 Å². The number of ether oxygens (including phenoxy) is 1. The van der Waals surface area contributed by atoms with Gasteiger partial charge in [-0.25, -0.2) is 0 Å². The van der Waals surface area contributed by atoms with Crippen molar-refractivity contribution in [3.8, 4) is 11.5 Å². The molecule has 3 N–H and O–H groups in total. The molecule has 0 amide bonds. The van der Waals surface area contributed by atoms with Crippen LogP contribution in [0.5, 0.6) is 11.5 Å². The Morgan fingerprint density at radius 3 is 3.00 bits per heavy atom. The van der Waals surface area contributed by atoms with Crippen LogP contribution in [-0.2, 0) is 0 Å². The Hall–Kier alpha value is -1.42. The molecule has 14 heavy (non-hydrogen) atoms. The summed E-state index contributed by atoms with van der Waals surface area (Å²) in [5.41, 5.74) is 6.36. The number of benzene rings is 1. The Balaban J connectivity index is 2.70. The molecule has 0 bridgehead atoms. The van der Waals surface area contributed by atoms with E-state index in [1.54, 1.807) is 11.4 Å². The molecule has 0 spiro atoms. The fourth-order valence-corrected chi connectivity index (χ4v) is 2.29. The molecule has 1 aromatic carbocycles. The van der Waals surface area contributed by atoms with Crippen LogP contribution in [0.1, 0.15) is 6.92 Å². The molecule has 2 rings (SSSR count). The third-order valence-electron chi connectivity index (χ3n) is 1.94. The summed E-state index contributed by atoms with van der Waals surface area (Å²) in [6, 6.07) is 3.57. The lowest BCUT2D eigenvalue weighted by Gasteiger charge is -2.06. The highest BCUT2D eigenvalue weighted by Gasteiger charge is 2.09. The maximum Gasteiger partial charge on any atom is 0.137 e. The Labute approximate surface area is 85.7 Å². The molecule has 0 saturated heterocycles. The van der Waals surface area contributed by atoms with Crippen LogP contribution in [0.15, 0.2) is 17.5 Å². The van der Waals surface area contributed by atoms with E-state index >= 15 is 0 Å². The average Bonchev–Trinajstić information content (AvgIpc) is 2.48. The van der Waals surface area contributed by atoms with Crippen LogP contribution >= 0.6 is 11.3 Å². The molecule has 0 radical (unpaired) electrons. The van der Waals surface area contributed by atoms with Crippen molar-refractivity contribution in [3.05, 3.63) is 17.5 Å². The Bertz CT molecular complexity index is 464. The second-order valence-electron chi connectivity index (χ2n) is 2.95. The average molecular weight is 209 g/mol. The molecule has 2 aromatic rings. The molecular formula is C10H11NO2S. The lowest BCUT2D eigenvalue weighted by molar-refractivity contribution is 0.343. The third-order valence-corrected chi connectivity index (χ3v) is 2.86. The van der Waals surface area contributed by atoms with Gasteiger partial charge in [-0.05, 0) is 13.0 Å². The molecule has 0 aliphatic carbocycles. The summed E-state index contributed by atoms with van der Waals surface area (Å²) in [5, 5.41) is 12.0. The Kier molecular flexibility index (Phi) is 2.21. The van der Waals surface area contributed by atoms with E-state index in [1.807, 2.05) is 13.0 Å². The SMILES string of the molecule is CCOc1cc(N)cc2scc(O)c12. The van der Waals surface area contributed by atoms with Gasteiger partial charge in [-0.3, -0.25) is 0 Å². The highest BCUT2D eigenvalue weighted by molar-refractivity contribution is 7.17. The van der Waals surface area contributed by atoms with Gasteiger partial charge >= 0.3 is 0 Å². The first-order chi connectivity index (χ1) is 6.72. The van der Waals surface area contributed by atoms with Crippen LogP contribution in [0.3, 0.4) is 0 Å². The second kappa shape index (κ2) is 3.38. The first-order valence-electron chi connectivity index (χ1n) is 4.35. The van der Waals surface area contributed by atoms with Crippen LogP contribution in [0.4, 0.5) is 5.69 Å². The van der Waals surface area contributed by atoms with E-state index < -0.39 is 0 Å². The molecule has 0 aliphatic heterocycles. The van der Waals surface area contributed by atoms with Crippen molar-refractivity contribution in [1.82, 2.24) is 0 Å². The lowest BCUT2D eigenvalue weighted by atomic mass is 10.2. The molecule has 74 valence electrons. The monoisotopic (exact) mass is 209 g/mol. The highest BCUT2D eigenvalue weighted by atomic mass is 32.1. The van der Waals surface area contributed by atoms with Gasteiger partial charge in [0, 0.05) is 21.8 Å². The minimum absolute atomic E-state index is 0.258. The molecule has 0 aliphatic rings. The number of anilines is 1. The van der Waals surface area contributed by atoms with Crippen molar-refractivity contribution in [2.24, 2.45) is 0 Å². The first kappa shape index (κ1) is 9.15. The zero-order valence-electron chi connectivity index (χ0n) is 7.78.